The topological polar surface area (TPSA) is 54.3 Å². The average Bonchev–Trinajstić information content (AvgIpc) is 3.27. The van der Waals surface area contributed by atoms with Crippen LogP contribution in [0, 0.1) is 6.92 Å². The molecule has 29 heavy (non-hydrogen) atoms. The smallest absolute Gasteiger partial charge is 0.307 e. The van der Waals surface area contributed by atoms with Gasteiger partial charge in [0.05, 0.1) is 0 Å². The zero-order valence-electron chi connectivity index (χ0n) is 16.5. The molecule has 1 amide bonds. The minimum absolute atomic E-state index is 0.0169. The lowest BCUT2D eigenvalue weighted by Crippen LogP contribution is -2.42. The number of nitrogens with one attached hydrogen (secondary N) is 1. The van der Waals surface area contributed by atoms with Crippen LogP contribution in [0.4, 0.5) is 0 Å². The highest BCUT2D eigenvalue weighted by Crippen LogP contribution is 2.28. The molecule has 5 nitrogen and oxygen atoms in total. The predicted octanol–water partition coefficient (Wildman–Crippen LogP) is 3.00. The van der Waals surface area contributed by atoms with E-state index in [1.165, 1.54) is 15.7 Å². The Kier molecular flexibility index (Phi) is 5.92. The second-order valence-electron chi connectivity index (χ2n) is 7.60. The Morgan fingerprint density at radius 3 is 2.41 bits per heavy atom. The maximum Gasteiger partial charge on any atom is 0.307 e. The highest BCUT2D eigenvalue weighted by Gasteiger charge is 2.34. The standard InChI is InChI=1S/C23H25N3O2S/c1-17-16-29-23(28)26(17)15-22(27)24-21-14-25(12-18-8-4-2-5-9-18)13-20(21)19-10-6-3-7-11-19/h2-11,16,20-21H,12-15H2,1H3,(H,24,27)/t20-,21+/m0/s1. The molecule has 0 aliphatic carbocycles. The molecule has 2 atom stereocenters. The Morgan fingerprint density at radius 1 is 1.07 bits per heavy atom. The van der Waals surface area contributed by atoms with E-state index in [9.17, 15) is 9.59 Å². The second-order valence-corrected chi connectivity index (χ2v) is 8.42. The molecule has 2 aromatic carbocycles. The molecular weight excluding hydrogens is 382 g/mol. The molecule has 1 N–H and O–H groups in total. The first-order chi connectivity index (χ1) is 14.1. The van der Waals surface area contributed by atoms with Crippen LogP contribution in [0.1, 0.15) is 22.7 Å². The Morgan fingerprint density at radius 2 is 1.76 bits per heavy atom. The molecule has 0 saturated carbocycles. The third-order valence-corrected chi connectivity index (χ3v) is 6.38. The Labute approximate surface area is 174 Å². The first-order valence-electron chi connectivity index (χ1n) is 9.85. The zero-order chi connectivity index (χ0) is 20.2. The molecule has 1 fully saturated rings. The van der Waals surface area contributed by atoms with E-state index in [4.69, 9.17) is 0 Å². The SMILES string of the molecule is Cc1csc(=O)n1CC(=O)N[C@@H]1CN(Cc2ccccc2)C[C@H]1c1ccccc1. The van der Waals surface area contributed by atoms with E-state index in [-0.39, 0.29) is 29.3 Å². The van der Waals surface area contributed by atoms with Crippen molar-refractivity contribution in [2.75, 3.05) is 13.1 Å². The van der Waals surface area contributed by atoms with Crippen LogP contribution in [0.15, 0.2) is 70.8 Å². The number of carbonyl (C=O) groups is 1. The van der Waals surface area contributed by atoms with Crippen LogP contribution in [0.2, 0.25) is 0 Å². The number of hydrogen-bond acceptors (Lipinski definition) is 4. The van der Waals surface area contributed by atoms with Gasteiger partial charge >= 0.3 is 4.87 Å². The minimum Gasteiger partial charge on any atom is -0.350 e. The van der Waals surface area contributed by atoms with Gasteiger partial charge < -0.3 is 5.32 Å². The number of rotatable bonds is 6. The minimum atomic E-state index is -0.110. The molecule has 0 unspecified atom stereocenters. The number of carbonyl (C=O) groups excluding carboxylic acids is 1. The maximum absolute atomic E-state index is 12.7. The molecular formula is C23H25N3O2S. The number of thiazole rings is 1. The van der Waals surface area contributed by atoms with E-state index in [0.717, 1.165) is 36.7 Å². The van der Waals surface area contributed by atoms with Gasteiger partial charge in [0.1, 0.15) is 6.54 Å². The van der Waals surface area contributed by atoms with Crippen molar-refractivity contribution in [2.24, 2.45) is 0 Å². The van der Waals surface area contributed by atoms with Crippen LogP contribution >= 0.6 is 11.3 Å². The van der Waals surface area contributed by atoms with Crippen molar-refractivity contribution in [1.82, 2.24) is 14.8 Å². The van der Waals surface area contributed by atoms with Crippen molar-refractivity contribution >= 4 is 17.2 Å². The normalized spacial score (nSPS) is 19.3. The molecule has 1 aliphatic heterocycles. The fourth-order valence-electron chi connectivity index (χ4n) is 4.03. The third-order valence-electron chi connectivity index (χ3n) is 5.50. The first kappa shape index (κ1) is 19.6. The van der Waals surface area contributed by atoms with Crippen molar-refractivity contribution in [3.05, 3.63) is 92.5 Å². The van der Waals surface area contributed by atoms with E-state index < -0.39 is 0 Å². The van der Waals surface area contributed by atoms with Crippen molar-refractivity contribution in [1.29, 1.82) is 0 Å². The van der Waals surface area contributed by atoms with Crippen LogP contribution < -0.4 is 10.2 Å². The lowest BCUT2D eigenvalue weighted by atomic mass is 9.94. The van der Waals surface area contributed by atoms with E-state index in [2.05, 4.69) is 46.6 Å². The number of benzene rings is 2. The molecule has 0 spiro atoms. The van der Waals surface area contributed by atoms with Crippen LogP contribution in [0.3, 0.4) is 0 Å². The molecule has 0 bridgehead atoms. The Hall–Kier alpha value is -2.70. The monoisotopic (exact) mass is 407 g/mol. The highest BCUT2D eigenvalue weighted by atomic mass is 32.1. The second kappa shape index (κ2) is 8.76. The van der Waals surface area contributed by atoms with Gasteiger partial charge in [0, 0.05) is 42.7 Å². The van der Waals surface area contributed by atoms with Crippen molar-refractivity contribution in [2.45, 2.75) is 32.0 Å². The van der Waals surface area contributed by atoms with Gasteiger partial charge in [0.15, 0.2) is 0 Å². The lowest BCUT2D eigenvalue weighted by Gasteiger charge is -2.20. The van der Waals surface area contributed by atoms with Crippen molar-refractivity contribution < 1.29 is 4.79 Å². The average molecular weight is 408 g/mol. The summed E-state index contributed by atoms with van der Waals surface area (Å²) in [5.41, 5.74) is 3.33. The molecule has 6 heteroatoms. The number of likely N-dealkylation sites (tertiary alicyclic amines) is 1. The third kappa shape index (κ3) is 4.66. The van der Waals surface area contributed by atoms with Crippen molar-refractivity contribution in [3.63, 3.8) is 0 Å². The van der Waals surface area contributed by atoms with Gasteiger partial charge in [-0.1, -0.05) is 72.0 Å². The van der Waals surface area contributed by atoms with Crippen molar-refractivity contribution in [3.8, 4) is 0 Å². The molecule has 3 aromatic rings. The summed E-state index contributed by atoms with van der Waals surface area (Å²) in [4.78, 5) is 27.0. The summed E-state index contributed by atoms with van der Waals surface area (Å²) in [6, 6.07) is 20.8. The van der Waals surface area contributed by atoms with Gasteiger partial charge in [-0.15, -0.1) is 0 Å². The fraction of sp³-hybridized carbons (Fsp3) is 0.304. The van der Waals surface area contributed by atoms with Crippen LogP contribution in [0.5, 0.6) is 0 Å². The number of amides is 1. The van der Waals surface area contributed by atoms with Crippen LogP contribution in [-0.2, 0) is 17.9 Å². The fourth-order valence-corrected chi connectivity index (χ4v) is 4.77. The van der Waals surface area contributed by atoms with Gasteiger partial charge in [-0.3, -0.25) is 19.1 Å². The van der Waals surface area contributed by atoms with E-state index in [1.54, 1.807) is 5.38 Å². The van der Waals surface area contributed by atoms with Gasteiger partial charge in [-0.25, -0.2) is 0 Å². The Balaban J connectivity index is 1.49. The summed E-state index contributed by atoms with van der Waals surface area (Å²) < 4.78 is 1.54. The molecule has 1 saturated heterocycles. The number of nitrogens with zero attached hydrogens (tertiary/aromatic N) is 2. The number of aryl methyl sites for hydroxylation is 1. The number of hydrogen-bond donors (Lipinski definition) is 1. The summed E-state index contributed by atoms with van der Waals surface area (Å²) in [6.45, 7) is 4.47. The number of aromatic nitrogens is 1. The molecule has 4 rings (SSSR count). The van der Waals surface area contributed by atoms with Gasteiger partial charge in [-0.2, -0.15) is 0 Å². The van der Waals surface area contributed by atoms with Crippen LogP contribution in [0.25, 0.3) is 0 Å². The quantitative estimate of drug-likeness (QED) is 0.683. The Bertz CT molecular complexity index is 1010. The molecule has 2 heterocycles. The molecule has 1 aliphatic rings. The molecule has 150 valence electrons. The summed E-state index contributed by atoms with van der Waals surface area (Å²) >= 11 is 1.13. The van der Waals surface area contributed by atoms with Gasteiger partial charge in [0.25, 0.3) is 0 Å². The van der Waals surface area contributed by atoms with Gasteiger partial charge in [0.2, 0.25) is 5.91 Å². The van der Waals surface area contributed by atoms with E-state index in [0.29, 0.717) is 0 Å². The van der Waals surface area contributed by atoms with E-state index in [1.807, 2.05) is 31.2 Å². The molecule has 0 radical (unpaired) electrons. The largest absolute Gasteiger partial charge is 0.350 e. The summed E-state index contributed by atoms with van der Waals surface area (Å²) in [5, 5.41) is 4.99. The summed E-state index contributed by atoms with van der Waals surface area (Å²) in [6.07, 6.45) is 0. The van der Waals surface area contributed by atoms with E-state index >= 15 is 0 Å². The first-order valence-corrected chi connectivity index (χ1v) is 10.7. The summed E-state index contributed by atoms with van der Waals surface area (Å²) in [7, 11) is 0. The van der Waals surface area contributed by atoms with Gasteiger partial charge in [-0.05, 0) is 18.1 Å². The highest BCUT2D eigenvalue weighted by molar-refractivity contribution is 7.07. The zero-order valence-corrected chi connectivity index (χ0v) is 17.3. The van der Waals surface area contributed by atoms with Crippen LogP contribution in [-0.4, -0.2) is 34.5 Å². The molecule has 1 aromatic heterocycles. The maximum atomic E-state index is 12.7. The summed E-state index contributed by atoms with van der Waals surface area (Å²) in [5.74, 6) is 0.116. The predicted molar refractivity (Wildman–Crippen MR) is 116 cm³/mol. The lowest BCUT2D eigenvalue weighted by molar-refractivity contribution is -0.122.